The lowest BCUT2D eigenvalue weighted by Crippen LogP contribution is -2.45. The molecule has 1 fully saturated rings. The minimum absolute atomic E-state index is 0.397. The normalized spacial score (nSPS) is 20.4. The van der Waals surface area contributed by atoms with Crippen LogP contribution in [0.3, 0.4) is 0 Å². The fourth-order valence-electron chi connectivity index (χ4n) is 1.07. The van der Waals surface area contributed by atoms with Crippen LogP contribution < -0.4 is 5.32 Å². The highest BCUT2D eigenvalue weighted by molar-refractivity contribution is 5.75. The number of hydrogen-bond donors (Lipinski definition) is 2. The van der Waals surface area contributed by atoms with Gasteiger partial charge in [-0.05, 0) is 12.8 Å². The third-order valence-corrected chi connectivity index (χ3v) is 2.02. The Morgan fingerprint density at radius 1 is 1.73 bits per heavy atom. The first kappa shape index (κ1) is 8.27. The molecule has 0 radical (unpaired) electrons. The number of carboxylic acid groups (broad SMARTS) is 1. The van der Waals surface area contributed by atoms with E-state index < -0.39 is 12.0 Å². The fraction of sp³-hybridized carbons (Fsp3) is 0.625. The second-order valence-electron chi connectivity index (χ2n) is 2.85. The fourth-order valence-corrected chi connectivity index (χ4v) is 1.07. The smallest absolute Gasteiger partial charge is 0.324 e. The SMILES string of the molecule is C=CC(NC1CCC1)C(=O)O. The molecule has 3 heteroatoms. The van der Waals surface area contributed by atoms with Gasteiger partial charge in [-0.25, -0.2) is 0 Å². The van der Waals surface area contributed by atoms with Gasteiger partial charge in [0.25, 0.3) is 0 Å². The van der Waals surface area contributed by atoms with Gasteiger partial charge in [0, 0.05) is 6.04 Å². The third-order valence-electron chi connectivity index (χ3n) is 2.02. The highest BCUT2D eigenvalue weighted by atomic mass is 16.4. The Morgan fingerprint density at radius 2 is 2.36 bits per heavy atom. The summed E-state index contributed by atoms with van der Waals surface area (Å²) < 4.78 is 0. The van der Waals surface area contributed by atoms with Crippen molar-refractivity contribution in [2.75, 3.05) is 0 Å². The molecule has 11 heavy (non-hydrogen) atoms. The maximum absolute atomic E-state index is 10.5. The van der Waals surface area contributed by atoms with Crippen molar-refractivity contribution >= 4 is 5.97 Å². The van der Waals surface area contributed by atoms with Crippen molar-refractivity contribution < 1.29 is 9.90 Å². The molecule has 1 saturated carbocycles. The first-order valence-electron chi connectivity index (χ1n) is 3.85. The van der Waals surface area contributed by atoms with Gasteiger partial charge >= 0.3 is 5.97 Å². The summed E-state index contributed by atoms with van der Waals surface area (Å²) in [7, 11) is 0. The van der Waals surface area contributed by atoms with Crippen LogP contribution in [0.15, 0.2) is 12.7 Å². The predicted octanol–water partition coefficient (Wildman–Crippen LogP) is 0.768. The maximum atomic E-state index is 10.5. The minimum atomic E-state index is -0.841. The summed E-state index contributed by atoms with van der Waals surface area (Å²) in [6, 6.07) is -0.172. The van der Waals surface area contributed by atoms with Gasteiger partial charge in [-0.1, -0.05) is 12.5 Å². The molecular formula is C8H13NO2. The van der Waals surface area contributed by atoms with E-state index in [0.717, 1.165) is 12.8 Å². The number of carbonyl (C=O) groups is 1. The van der Waals surface area contributed by atoms with Gasteiger partial charge in [0.1, 0.15) is 6.04 Å². The molecule has 0 aromatic rings. The van der Waals surface area contributed by atoms with Crippen LogP contribution in [0.1, 0.15) is 19.3 Å². The second kappa shape index (κ2) is 3.53. The topological polar surface area (TPSA) is 49.3 Å². The number of aliphatic carboxylic acids is 1. The Morgan fingerprint density at radius 3 is 2.64 bits per heavy atom. The first-order chi connectivity index (χ1) is 5.24. The summed E-state index contributed by atoms with van der Waals surface area (Å²) in [4.78, 5) is 10.5. The molecule has 2 N–H and O–H groups in total. The minimum Gasteiger partial charge on any atom is -0.480 e. The maximum Gasteiger partial charge on any atom is 0.324 e. The zero-order chi connectivity index (χ0) is 8.27. The van der Waals surface area contributed by atoms with Crippen LogP contribution in [0.2, 0.25) is 0 Å². The van der Waals surface area contributed by atoms with Crippen molar-refractivity contribution in [3.63, 3.8) is 0 Å². The Bertz CT molecular complexity index is 163. The van der Waals surface area contributed by atoms with Gasteiger partial charge in [-0.2, -0.15) is 0 Å². The van der Waals surface area contributed by atoms with E-state index in [4.69, 9.17) is 5.11 Å². The Hall–Kier alpha value is -0.830. The van der Waals surface area contributed by atoms with Gasteiger partial charge in [0.2, 0.25) is 0 Å². The van der Waals surface area contributed by atoms with Crippen LogP contribution >= 0.6 is 0 Å². The van der Waals surface area contributed by atoms with Crippen LogP contribution in [0.5, 0.6) is 0 Å². The van der Waals surface area contributed by atoms with Crippen molar-refractivity contribution in [1.29, 1.82) is 0 Å². The zero-order valence-corrected chi connectivity index (χ0v) is 6.42. The molecule has 3 nitrogen and oxygen atoms in total. The summed E-state index contributed by atoms with van der Waals surface area (Å²) in [5.74, 6) is -0.841. The van der Waals surface area contributed by atoms with E-state index in [1.54, 1.807) is 0 Å². The Labute approximate surface area is 66.1 Å². The number of hydrogen-bond acceptors (Lipinski definition) is 2. The van der Waals surface area contributed by atoms with Crippen LogP contribution in [0.4, 0.5) is 0 Å². The van der Waals surface area contributed by atoms with Crippen LogP contribution in [0, 0.1) is 0 Å². The molecule has 0 saturated heterocycles. The largest absolute Gasteiger partial charge is 0.480 e. The Balaban J connectivity index is 2.30. The highest BCUT2D eigenvalue weighted by Crippen LogP contribution is 2.18. The number of carboxylic acids is 1. The molecular weight excluding hydrogens is 142 g/mol. The number of rotatable bonds is 4. The lowest BCUT2D eigenvalue weighted by atomic mass is 9.92. The van der Waals surface area contributed by atoms with Gasteiger partial charge < -0.3 is 5.11 Å². The van der Waals surface area contributed by atoms with Crippen LogP contribution in [0.25, 0.3) is 0 Å². The molecule has 0 spiro atoms. The van der Waals surface area contributed by atoms with Gasteiger partial charge in [0.05, 0.1) is 0 Å². The summed E-state index contributed by atoms with van der Waals surface area (Å²) >= 11 is 0. The standard InChI is InChI=1S/C8H13NO2/c1-2-7(8(10)11)9-6-4-3-5-6/h2,6-7,9H,1,3-5H2,(H,10,11). The van der Waals surface area contributed by atoms with Crippen molar-refractivity contribution in [3.05, 3.63) is 12.7 Å². The first-order valence-corrected chi connectivity index (χ1v) is 3.85. The van der Waals surface area contributed by atoms with Crippen LogP contribution in [-0.4, -0.2) is 23.2 Å². The molecule has 1 aliphatic rings. The molecule has 0 aromatic heterocycles. The lowest BCUT2D eigenvalue weighted by Gasteiger charge is -2.28. The van der Waals surface area contributed by atoms with Crippen molar-refractivity contribution in [2.45, 2.75) is 31.3 Å². The predicted molar refractivity (Wildman–Crippen MR) is 42.4 cm³/mol. The Kier molecular flexibility index (Phi) is 2.65. The second-order valence-corrected chi connectivity index (χ2v) is 2.85. The molecule has 0 aliphatic heterocycles. The molecule has 0 aromatic carbocycles. The third kappa shape index (κ3) is 2.05. The average Bonchev–Trinajstić information content (AvgIpc) is 1.85. The zero-order valence-electron chi connectivity index (χ0n) is 6.42. The average molecular weight is 155 g/mol. The van der Waals surface area contributed by atoms with E-state index in [1.807, 2.05) is 0 Å². The molecule has 0 amide bonds. The number of nitrogens with one attached hydrogen (secondary N) is 1. The highest BCUT2D eigenvalue weighted by Gasteiger charge is 2.22. The van der Waals surface area contributed by atoms with Crippen LogP contribution in [-0.2, 0) is 4.79 Å². The van der Waals surface area contributed by atoms with Gasteiger partial charge in [-0.15, -0.1) is 6.58 Å². The molecule has 0 heterocycles. The summed E-state index contributed by atoms with van der Waals surface area (Å²) in [6.45, 7) is 3.45. The van der Waals surface area contributed by atoms with E-state index in [9.17, 15) is 4.79 Å². The van der Waals surface area contributed by atoms with Crippen molar-refractivity contribution in [1.82, 2.24) is 5.32 Å². The summed E-state index contributed by atoms with van der Waals surface area (Å²) in [5.41, 5.74) is 0. The van der Waals surface area contributed by atoms with E-state index in [0.29, 0.717) is 6.04 Å². The quantitative estimate of drug-likeness (QED) is 0.589. The monoisotopic (exact) mass is 155 g/mol. The molecule has 1 rings (SSSR count). The van der Waals surface area contributed by atoms with E-state index in [1.165, 1.54) is 12.5 Å². The molecule has 0 bridgehead atoms. The van der Waals surface area contributed by atoms with E-state index in [2.05, 4.69) is 11.9 Å². The molecule has 1 aliphatic carbocycles. The molecule has 1 unspecified atom stereocenters. The van der Waals surface area contributed by atoms with E-state index in [-0.39, 0.29) is 0 Å². The molecule has 62 valence electrons. The van der Waals surface area contributed by atoms with Gasteiger partial charge in [-0.3, -0.25) is 10.1 Å². The van der Waals surface area contributed by atoms with Crippen molar-refractivity contribution in [3.8, 4) is 0 Å². The summed E-state index contributed by atoms with van der Waals surface area (Å²) in [6.07, 6.45) is 4.83. The van der Waals surface area contributed by atoms with Gasteiger partial charge in [0.15, 0.2) is 0 Å². The lowest BCUT2D eigenvalue weighted by molar-refractivity contribution is -0.138. The molecule has 1 atom stereocenters. The van der Waals surface area contributed by atoms with E-state index >= 15 is 0 Å². The van der Waals surface area contributed by atoms with Crippen molar-refractivity contribution in [2.24, 2.45) is 0 Å². The summed E-state index contributed by atoms with van der Waals surface area (Å²) in [5, 5.41) is 11.6.